The van der Waals surface area contributed by atoms with Crippen molar-refractivity contribution in [3.8, 4) is 11.5 Å². The fraction of sp³-hybridized carbons (Fsp3) is 0.0625. The summed E-state index contributed by atoms with van der Waals surface area (Å²) in [5.41, 5.74) is 1.27. The maximum atomic E-state index is 12.8. The first-order valence-electron chi connectivity index (χ1n) is 6.88. The van der Waals surface area contributed by atoms with Crippen LogP contribution in [0.25, 0.3) is 11.5 Å². The van der Waals surface area contributed by atoms with Crippen molar-refractivity contribution in [2.45, 2.75) is 5.22 Å². The Hall–Kier alpha value is -2.38. The second kappa shape index (κ2) is 7.46. The van der Waals surface area contributed by atoms with Crippen LogP contribution in [0.3, 0.4) is 0 Å². The van der Waals surface area contributed by atoms with Gasteiger partial charge in [-0.1, -0.05) is 23.4 Å². The summed E-state index contributed by atoms with van der Waals surface area (Å²) in [6.07, 6.45) is 0. The van der Waals surface area contributed by atoms with Gasteiger partial charge in [-0.25, -0.2) is 4.39 Å². The molecule has 0 aliphatic rings. The zero-order chi connectivity index (χ0) is 16.9. The van der Waals surface area contributed by atoms with Gasteiger partial charge in [-0.05, 0) is 48.5 Å². The second-order valence-electron chi connectivity index (χ2n) is 4.72. The van der Waals surface area contributed by atoms with E-state index in [1.165, 1.54) is 24.3 Å². The predicted octanol–water partition coefficient (Wildman–Crippen LogP) is 4.26. The molecule has 122 valence electrons. The topological polar surface area (TPSA) is 68.0 Å². The quantitative estimate of drug-likeness (QED) is 0.686. The average Bonchev–Trinajstić information content (AvgIpc) is 3.05. The van der Waals surface area contributed by atoms with E-state index < -0.39 is 0 Å². The number of nitrogens with one attached hydrogen (secondary N) is 1. The minimum absolute atomic E-state index is 0.0969. The molecule has 0 spiro atoms. The number of halogens is 2. The molecule has 0 bridgehead atoms. The minimum Gasteiger partial charge on any atom is -0.411 e. The van der Waals surface area contributed by atoms with Gasteiger partial charge in [0.15, 0.2) is 0 Å². The molecule has 3 aromatic rings. The first kappa shape index (κ1) is 16.5. The third-order valence-electron chi connectivity index (χ3n) is 2.95. The van der Waals surface area contributed by atoms with Crippen LogP contribution >= 0.6 is 23.4 Å². The molecule has 0 saturated carbocycles. The lowest BCUT2D eigenvalue weighted by Gasteiger charge is -2.03. The summed E-state index contributed by atoms with van der Waals surface area (Å²) < 4.78 is 18.3. The standard InChI is InChI=1S/C16H11ClFN3O2S/c17-11-3-1-10(2-4-11)15-20-21-16(23-15)24-9-14(22)19-13-7-5-12(18)6-8-13/h1-8H,9H2,(H,19,22). The number of hydrogen-bond acceptors (Lipinski definition) is 5. The molecule has 0 aliphatic heterocycles. The number of thioether (sulfide) groups is 1. The van der Waals surface area contributed by atoms with Gasteiger partial charge in [-0.2, -0.15) is 0 Å². The Balaban J connectivity index is 1.56. The van der Waals surface area contributed by atoms with Crippen LogP contribution < -0.4 is 5.32 Å². The normalized spacial score (nSPS) is 10.6. The summed E-state index contributed by atoms with van der Waals surface area (Å²) in [6, 6.07) is 12.5. The van der Waals surface area contributed by atoms with Gasteiger partial charge in [-0.3, -0.25) is 4.79 Å². The van der Waals surface area contributed by atoms with Crippen LogP contribution in [-0.2, 0) is 4.79 Å². The Morgan fingerprint density at radius 2 is 1.83 bits per heavy atom. The number of rotatable bonds is 5. The van der Waals surface area contributed by atoms with Crippen LogP contribution in [-0.4, -0.2) is 21.9 Å². The molecule has 1 heterocycles. The van der Waals surface area contributed by atoms with E-state index in [2.05, 4.69) is 15.5 Å². The Bertz CT molecular complexity index is 837. The summed E-state index contributed by atoms with van der Waals surface area (Å²) in [5.74, 6) is -0.159. The zero-order valence-electron chi connectivity index (χ0n) is 12.2. The molecule has 0 aliphatic carbocycles. The van der Waals surface area contributed by atoms with E-state index in [1.54, 1.807) is 24.3 Å². The van der Waals surface area contributed by atoms with Crippen LogP contribution in [0.1, 0.15) is 0 Å². The van der Waals surface area contributed by atoms with Crippen molar-refractivity contribution in [2.75, 3.05) is 11.1 Å². The van der Waals surface area contributed by atoms with Crippen LogP contribution in [0.2, 0.25) is 5.02 Å². The van der Waals surface area contributed by atoms with Gasteiger partial charge in [0.25, 0.3) is 5.22 Å². The Morgan fingerprint density at radius 3 is 2.54 bits per heavy atom. The third-order valence-corrected chi connectivity index (χ3v) is 4.02. The van der Waals surface area contributed by atoms with Crippen molar-refractivity contribution < 1.29 is 13.6 Å². The molecular formula is C16H11ClFN3O2S. The van der Waals surface area contributed by atoms with Crippen LogP contribution in [0.15, 0.2) is 58.2 Å². The van der Waals surface area contributed by atoms with Gasteiger partial charge in [0.1, 0.15) is 5.82 Å². The van der Waals surface area contributed by atoms with Gasteiger partial charge >= 0.3 is 0 Å². The van der Waals surface area contributed by atoms with E-state index in [4.69, 9.17) is 16.0 Å². The van der Waals surface area contributed by atoms with Crippen molar-refractivity contribution in [1.29, 1.82) is 0 Å². The molecule has 1 N–H and O–H groups in total. The number of nitrogens with zero attached hydrogens (tertiary/aromatic N) is 2. The molecule has 1 aromatic heterocycles. The first-order valence-corrected chi connectivity index (χ1v) is 8.24. The zero-order valence-corrected chi connectivity index (χ0v) is 13.8. The molecule has 2 aromatic carbocycles. The highest BCUT2D eigenvalue weighted by molar-refractivity contribution is 7.99. The molecule has 0 saturated heterocycles. The highest BCUT2D eigenvalue weighted by atomic mass is 35.5. The summed E-state index contributed by atoms with van der Waals surface area (Å²) in [7, 11) is 0. The number of carbonyl (C=O) groups excluding carboxylic acids is 1. The SMILES string of the molecule is O=C(CSc1nnc(-c2ccc(Cl)cc2)o1)Nc1ccc(F)cc1. The minimum atomic E-state index is -0.358. The monoisotopic (exact) mass is 363 g/mol. The predicted molar refractivity (Wildman–Crippen MR) is 90.5 cm³/mol. The highest BCUT2D eigenvalue weighted by Crippen LogP contribution is 2.24. The smallest absolute Gasteiger partial charge is 0.277 e. The number of hydrogen-bond donors (Lipinski definition) is 1. The fourth-order valence-electron chi connectivity index (χ4n) is 1.83. The largest absolute Gasteiger partial charge is 0.411 e. The van der Waals surface area contributed by atoms with E-state index >= 15 is 0 Å². The molecule has 0 unspecified atom stereocenters. The van der Waals surface area contributed by atoms with E-state index in [-0.39, 0.29) is 22.7 Å². The van der Waals surface area contributed by atoms with Crippen molar-refractivity contribution in [3.05, 3.63) is 59.4 Å². The maximum Gasteiger partial charge on any atom is 0.277 e. The van der Waals surface area contributed by atoms with Gasteiger partial charge in [0.05, 0.1) is 5.75 Å². The molecule has 5 nitrogen and oxygen atoms in total. The van der Waals surface area contributed by atoms with E-state index in [9.17, 15) is 9.18 Å². The summed E-state index contributed by atoms with van der Waals surface area (Å²) in [4.78, 5) is 11.9. The lowest BCUT2D eigenvalue weighted by Crippen LogP contribution is -2.13. The van der Waals surface area contributed by atoms with Crippen molar-refractivity contribution >= 4 is 35.0 Å². The molecule has 3 rings (SSSR count). The summed E-state index contributed by atoms with van der Waals surface area (Å²) >= 11 is 6.95. The Kier molecular flexibility index (Phi) is 5.12. The fourth-order valence-corrected chi connectivity index (χ4v) is 2.52. The van der Waals surface area contributed by atoms with Gasteiger partial charge in [0, 0.05) is 16.3 Å². The number of anilines is 1. The third kappa shape index (κ3) is 4.33. The summed E-state index contributed by atoms with van der Waals surface area (Å²) in [6.45, 7) is 0. The molecule has 0 atom stereocenters. The highest BCUT2D eigenvalue weighted by Gasteiger charge is 2.11. The van der Waals surface area contributed by atoms with Gasteiger partial charge in [-0.15, -0.1) is 10.2 Å². The molecule has 0 fully saturated rings. The van der Waals surface area contributed by atoms with E-state index in [0.29, 0.717) is 16.6 Å². The number of amides is 1. The van der Waals surface area contributed by atoms with Gasteiger partial charge < -0.3 is 9.73 Å². The van der Waals surface area contributed by atoms with Crippen molar-refractivity contribution in [1.82, 2.24) is 10.2 Å². The maximum absolute atomic E-state index is 12.8. The first-order chi connectivity index (χ1) is 11.6. The van der Waals surface area contributed by atoms with Crippen LogP contribution in [0.5, 0.6) is 0 Å². The van der Waals surface area contributed by atoms with Crippen LogP contribution in [0, 0.1) is 5.82 Å². The molecular weight excluding hydrogens is 353 g/mol. The van der Waals surface area contributed by atoms with E-state index in [0.717, 1.165) is 17.3 Å². The van der Waals surface area contributed by atoms with Crippen molar-refractivity contribution in [3.63, 3.8) is 0 Å². The Labute approximate surface area is 146 Å². The Morgan fingerprint density at radius 1 is 1.12 bits per heavy atom. The van der Waals surface area contributed by atoms with Crippen LogP contribution in [0.4, 0.5) is 10.1 Å². The molecule has 8 heteroatoms. The molecule has 24 heavy (non-hydrogen) atoms. The second-order valence-corrected chi connectivity index (χ2v) is 6.09. The lowest BCUT2D eigenvalue weighted by molar-refractivity contribution is -0.113. The summed E-state index contributed by atoms with van der Waals surface area (Å²) in [5, 5.41) is 11.4. The molecule has 1 amide bonds. The molecule has 0 radical (unpaired) electrons. The number of aromatic nitrogens is 2. The average molecular weight is 364 g/mol. The lowest BCUT2D eigenvalue weighted by atomic mass is 10.2. The number of benzene rings is 2. The van der Waals surface area contributed by atoms with E-state index in [1.807, 2.05) is 0 Å². The van der Waals surface area contributed by atoms with Crippen molar-refractivity contribution in [2.24, 2.45) is 0 Å². The van der Waals surface area contributed by atoms with Gasteiger partial charge in [0.2, 0.25) is 11.8 Å². The number of carbonyl (C=O) groups is 1.